The molecule has 5 nitrogen and oxygen atoms in total. The second kappa shape index (κ2) is 8.14. The number of rotatable bonds is 4. The smallest absolute Gasteiger partial charge is 0.308 e. The first-order valence-corrected chi connectivity index (χ1v) is 11.8. The summed E-state index contributed by atoms with van der Waals surface area (Å²) in [6, 6.07) is 12.2. The number of ether oxygens (including phenoxy) is 1. The fraction of sp³-hybridized carbons (Fsp3) is 0.385. The predicted molar refractivity (Wildman–Crippen MR) is 126 cm³/mol. The van der Waals surface area contributed by atoms with Gasteiger partial charge in [-0.15, -0.1) is 11.3 Å². The summed E-state index contributed by atoms with van der Waals surface area (Å²) >= 11 is 1.65. The van der Waals surface area contributed by atoms with Crippen LogP contribution in [0.3, 0.4) is 0 Å². The molecule has 32 heavy (non-hydrogen) atoms. The van der Waals surface area contributed by atoms with E-state index in [0.717, 1.165) is 51.9 Å². The topological polar surface area (TPSA) is 60.3 Å². The lowest BCUT2D eigenvalue weighted by Gasteiger charge is -2.56. The summed E-state index contributed by atoms with van der Waals surface area (Å²) in [5.74, 6) is 6.35. The Kier molecular flexibility index (Phi) is 5.30. The van der Waals surface area contributed by atoms with E-state index in [1.54, 1.807) is 11.3 Å². The van der Waals surface area contributed by atoms with Gasteiger partial charge >= 0.3 is 5.97 Å². The maximum Gasteiger partial charge on any atom is 0.308 e. The number of nitrogens with zero attached hydrogens (tertiary/aromatic N) is 1. The van der Waals surface area contributed by atoms with Crippen molar-refractivity contribution >= 4 is 33.4 Å². The van der Waals surface area contributed by atoms with Gasteiger partial charge in [0.05, 0.1) is 35.4 Å². The molecule has 6 heteroatoms. The first-order valence-electron chi connectivity index (χ1n) is 11.0. The van der Waals surface area contributed by atoms with Crippen molar-refractivity contribution < 1.29 is 14.3 Å². The van der Waals surface area contributed by atoms with Gasteiger partial charge in [0.25, 0.3) is 5.91 Å². The zero-order chi connectivity index (χ0) is 22.3. The molecule has 1 spiro atoms. The zero-order valence-electron chi connectivity index (χ0n) is 18.3. The Labute approximate surface area is 191 Å². The van der Waals surface area contributed by atoms with E-state index < -0.39 is 0 Å². The van der Waals surface area contributed by atoms with E-state index in [0.29, 0.717) is 6.54 Å². The van der Waals surface area contributed by atoms with Gasteiger partial charge in [0, 0.05) is 22.7 Å². The van der Waals surface area contributed by atoms with Gasteiger partial charge in [0.2, 0.25) is 0 Å². The molecule has 0 saturated heterocycles. The normalized spacial score (nSPS) is 23.7. The number of carbonyl (C=O) groups is 2. The van der Waals surface area contributed by atoms with Gasteiger partial charge in [-0.25, -0.2) is 0 Å². The molecular weight excluding hydrogens is 420 g/mol. The van der Waals surface area contributed by atoms with Gasteiger partial charge in [-0.05, 0) is 56.2 Å². The van der Waals surface area contributed by atoms with Gasteiger partial charge in [-0.3, -0.25) is 9.59 Å². The number of methoxy groups -OCH3 is 1. The maximum atomic E-state index is 13.2. The largest absolute Gasteiger partial charge is 0.469 e. The van der Waals surface area contributed by atoms with Crippen LogP contribution < -0.4 is 5.32 Å². The fourth-order valence-corrected chi connectivity index (χ4v) is 6.40. The zero-order valence-corrected chi connectivity index (χ0v) is 19.1. The van der Waals surface area contributed by atoms with Crippen LogP contribution >= 0.6 is 11.3 Å². The van der Waals surface area contributed by atoms with Gasteiger partial charge in [0.15, 0.2) is 0 Å². The SMILES string of the molecule is COC(=O)C1CC2(CC(NC(=O)c3c(C)sc4ccn(CC#Cc5ccccc5)c34)C2)C1. The number of aromatic nitrogens is 1. The minimum absolute atomic E-state index is 0.00610. The van der Waals surface area contributed by atoms with Crippen molar-refractivity contribution in [2.75, 3.05) is 7.11 Å². The van der Waals surface area contributed by atoms with E-state index in [1.807, 2.05) is 43.5 Å². The molecule has 1 aromatic carbocycles. The average Bonchev–Trinajstić information content (AvgIpc) is 3.27. The monoisotopic (exact) mass is 446 g/mol. The summed E-state index contributed by atoms with van der Waals surface area (Å²) in [7, 11) is 1.45. The highest BCUT2D eigenvalue weighted by Gasteiger charge is 2.55. The van der Waals surface area contributed by atoms with Crippen LogP contribution in [0.5, 0.6) is 0 Å². The molecule has 1 N–H and O–H groups in total. The van der Waals surface area contributed by atoms with Crippen LogP contribution in [0.2, 0.25) is 0 Å². The first kappa shape index (κ1) is 20.8. The van der Waals surface area contributed by atoms with Crippen LogP contribution in [0.4, 0.5) is 0 Å². The third-order valence-electron chi connectivity index (χ3n) is 6.85. The third kappa shape index (κ3) is 3.71. The van der Waals surface area contributed by atoms with Gasteiger partial charge in [-0.2, -0.15) is 0 Å². The Hall–Kier alpha value is -3.04. The van der Waals surface area contributed by atoms with E-state index in [9.17, 15) is 9.59 Å². The molecule has 0 atom stereocenters. The summed E-state index contributed by atoms with van der Waals surface area (Å²) in [5.41, 5.74) is 2.94. The quantitative estimate of drug-likeness (QED) is 0.473. The summed E-state index contributed by atoms with van der Waals surface area (Å²) < 4.78 is 8.03. The molecular formula is C26H26N2O3S. The molecule has 3 aromatic rings. The van der Waals surface area contributed by atoms with Gasteiger partial charge in [0.1, 0.15) is 0 Å². The molecule has 2 aromatic heterocycles. The number of thiophene rings is 1. The van der Waals surface area contributed by atoms with E-state index in [-0.39, 0.29) is 29.3 Å². The molecule has 0 radical (unpaired) electrons. The number of fused-ring (bicyclic) bond motifs is 1. The van der Waals surface area contributed by atoms with E-state index in [2.05, 4.69) is 27.8 Å². The first-order chi connectivity index (χ1) is 15.5. The highest BCUT2D eigenvalue weighted by molar-refractivity contribution is 7.19. The fourth-order valence-electron chi connectivity index (χ4n) is 5.33. The number of aryl methyl sites for hydroxylation is 1. The summed E-state index contributed by atoms with van der Waals surface area (Å²) in [6.07, 6.45) is 5.67. The number of nitrogens with one attached hydrogen (secondary N) is 1. The van der Waals surface area contributed by atoms with Crippen molar-refractivity contribution in [1.82, 2.24) is 9.88 Å². The van der Waals surface area contributed by atoms with Crippen molar-refractivity contribution in [2.24, 2.45) is 11.3 Å². The number of hydrogen-bond acceptors (Lipinski definition) is 4. The molecule has 0 unspecified atom stereocenters. The Morgan fingerprint density at radius 3 is 2.66 bits per heavy atom. The molecule has 5 rings (SSSR count). The minimum atomic E-state index is -0.101. The average molecular weight is 447 g/mol. The van der Waals surface area contributed by atoms with Gasteiger partial charge < -0.3 is 14.6 Å². The second-order valence-electron chi connectivity index (χ2n) is 9.06. The molecule has 2 aliphatic carbocycles. The van der Waals surface area contributed by atoms with Crippen LogP contribution in [0.1, 0.15) is 46.5 Å². The number of hydrogen-bond donors (Lipinski definition) is 1. The van der Waals surface area contributed by atoms with Crippen LogP contribution in [0.25, 0.3) is 10.2 Å². The Morgan fingerprint density at radius 1 is 1.19 bits per heavy atom. The van der Waals surface area contributed by atoms with E-state index in [4.69, 9.17) is 4.74 Å². The molecule has 2 aliphatic rings. The lowest BCUT2D eigenvalue weighted by Crippen LogP contribution is -2.57. The highest BCUT2D eigenvalue weighted by Crippen LogP contribution is 2.59. The molecule has 2 fully saturated rings. The number of amides is 1. The van der Waals surface area contributed by atoms with Gasteiger partial charge in [-0.1, -0.05) is 30.0 Å². The summed E-state index contributed by atoms with van der Waals surface area (Å²) in [5, 5.41) is 3.23. The van der Waals surface area contributed by atoms with Crippen LogP contribution in [-0.4, -0.2) is 29.6 Å². The Bertz CT molecular complexity index is 1230. The molecule has 0 bridgehead atoms. The highest BCUT2D eigenvalue weighted by atomic mass is 32.1. The lowest BCUT2D eigenvalue weighted by atomic mass is 9.50. The molecule has 2 saturated carbocycles. The van der Waals surface area contributed by atoms with Crippen LogP contribution in [0.15, 0.2) is 42.6 Å². The second-order valence-corrected chi connectivity index (χ2v) is 10.3. The maximum absolute atomic E-state index is 13.2. The predicted octanol–water partition coefficient (Wildman–Crippen LogP) is 4.52. The minimum Gasteiger partial charge on any atom is -0.469 e. The number of carbonyl (C=O) groups excluding carboxylic acids is 2. The van der Waals surface area contributed by atoms with Crippen molar-refractivity contribution in [3.05, 3.63) is 58.6 Å². The third-order valence-corrected chi connectivity index (χ3v) is 7.91. The number of esters is 1. The van der Waals surface area contributed by atoms with Crippen LogP contribution in [-0.2, 0) is 16.1 Å². The number of benzene rings is 1. The summed E-state index contributed by atoms with van der Waals surface area (Å²) in [6.45, 7) is 2.55. The summed E-state index contributed by atoms with van der Waals surface area (Å²) in [4.78, 5) is 25.9. The lowest BCUT2D eigenvalue weighted by molar-refractivity contribution is -0.159. The molecule has 2 heterocycles. The van der Waals surface area contributed by atoms with E-state index in [1.165, 1.54) is 7.11 Å². The van der Waals surface area contributed by atoms with E-state index >= 15 is 0 Å². The Balaban J connectivity index is 1.26. The standard InChI is InChI=1S/C26H26N2O3S/c1-17-22(24(29)27-20-15-26(16-20)13-19(14-26)25(30)31-2)23-21(32-17)10-12-28(23)11-6-9-18-7-4-3-5-8-18/h3-5,7-8,10,12,19-20H,11,13-16H2,1-2H3,(H,27,29). The van der Waals surface area contributed by atoms with Crippen molar-refractivity contribution in [2.45, 2.75) is 45.2 Å². The Morgan fingerprint density at radius 2 is 1.94 bits per heavy atom. The molecule has 1 amide bonds. The van der Waals surface area contributed by atoms with Crippen LogP contribution in [0, 0.1) is 30.1 Å². The molecule has 0 aliphatic heterocycles. The van der Waals surface area contributed by atoms with Crippen molar-refractivity contribution in [3.63, 3.8) is 0 Å². The van der Waals surface area contributed by atoms with Crippen molar-refractivity contribution in [1.29, 1.82) is 0 Å². The molecule has 164 valence electrons. The van der Waals surface area contributed by atoms with Crippen molar-refractivity contribution in [3.8, 4) is 11.8 Å².